The van der Waals surface area contributed by atoms with Gasteiger partial charge in [0.25, 0.3) is 0 Å². The largest absolute Gasteiger partial charge is 0.504 e. The lowest BCUT2D eigenvalue weighted by Gasteiger charge is -2.09. The quantitative estimate of drug-likeness (QED) is 0.250. The van der Waals surface area contributed by atoms with Gasteiger partial charge in [0.2, 0.25) is 0 Å². The maximum atomic E-state index is 12.3. The number of hydrogen-bond donors (Lipinski definition) is 2. The highest BCUT2D eigenvalue weighted by atomic mass is 16.5. The first-order valence-electron chi connectivity index (χ1n) is 12.3. The summed E-state index contributed by atoms with van der Waals surface area (Å²) in [6, 6.07) is 19.1. The monoisotopic (exact) mass is 526 g/mol. The number of nitrogens with zero attached hydrogens (tertiary/aromatic N) is 2. The molecule has 0 spiro atoms. The molecule has 4 aromatic rings. The summed E-state index contributed by atoms with van der Waals surface area (Å²) in [6.45, 7) is 3.61. The van der Waals surface area contributed by atoms with E-state index in [0.717, 1.165) is 22.5 Å². The van der Waals surface area contributed by atoms with Crippen molar-refractivity contribution in [2.75, 3.05) is 14.2 Å². The molecule has 0 unspecified atom stereocenters. The van der Waals surface area contributed by atoms with Crippen molar-refractivity contribution in [1.82, 2.24) is 9.78 Å². The predicted octanol–water partition coefficient (Wildman–Crippen LogP) is 6.21. The van der Waals surface area contributed by atoms with E-state index >= 15 is 0 Å². The zero-order valence-electron chi connectivity index (χ0n) is 22.2. The van der Waals surface area contributed by atoms with Crippen LogP contribution in [-0.2, 0) is 4.74 Å². The summed E-state index contributed by atoms with van der Waals surface area (Å²) in [5.41, 5.74) is 4.34. The minimum atomic E-state index is -0.383. The first-order valence-corrected chi connectivity index (χ1v) is 12.3. The zero-order chi connectivity index (χ0) is 27.9. The number of methoxy groups -OCH3 is 2. The van der Waals surface area contributed by atoms with Crippen LogP contribution in [0.2, 0.25) is 0 Å². The number of phenolic OH excluding ortho intramolecular Hbond substituents is 2. The fourth-order valence-electron chi connectivity index (χ4n) is 3.80. The molecule has 200 valence electrons. The highest BCUT2D eigenvalue weighted by Crippen LogP contribution is 2.28. The van der Waals surface area contributed by atoms with Crippen molar-refractivity contribution in [2.45, 2.75) is 20.0 Å². The van der Waals surface area contributed by atoms with Gasteiger partial charge < -0.3 is 24.4 Å². The van der Waals surface area contributed by atoms with E-state index in [4.69, 9.17) is 19.3 Å². The second kappa shape index (κ2) is 12.0. The van der Waals surface area contributed by atoms with Gasteiger partial charge in [0, 0.05) is 0 Å². The number of phenols is 2. The zero-order valence-corrected chi connectivity index (χ0v) is 22.2. The number of esters is 1. The first kappa shape index (κ1) is 27.1. The van der Waals surface area contributed by atoms with E-state index in [2.05, 4.69) is 0 Å². The number of carbonyl (C=O) groups excluding carboxylic acids is 1. The molecule has 0 amide bonds. The number of benzene rings is 3. The van der Waals surface area contributed by atoms with Crippen molar-refractivity contribution >= 4 is 30.3 Å². The maximum Gasteiger partial charge on any atom is 0.338 e. The van der Waals surface area contributed by atoms with Crippen LogP contribution in [0.5, 0.6) is 23.0 Å². The Balaban J connectivity index is 1.69. The highest BCUT2D eigenvalue weighted by Gasteiger charge is 2.12. The Kier molecular flexibility index (Phi) is 8.36. The molecule has 0 radical (unpaired) electrons. The van der Waals surface area contributed by atoms with Crippen LogP contribution in [0.25, 0.3) is 30.0 Å². The van der Waals surface area contributed by atoms with Crippen molar-refractivity contribution in [2.24, 2.45) is 0 Å². The molecule has 0 saturated heterocycles. The van der Waals surface area contributed by atoms with E-state index in [1.165, 1.54) is 14.2 Å². The van der Waals surface area contributed by atoms with Gasteiger partial charge in [0.05, 0.1) is 43.0 Å². The van der Waals surface area contributed by atoms with Gasteiger partial charge in [-0.15, -0.1) is 0 Å². The Bertz CT molecular complexity index is 1520. The molecular formula is C31H30N2O6. The maximum absolute atomic E-state index is 12.3. The number of aromatic hydroxyl groups is 2. The molecule has 8 heteroatoms. The van der Waals surface area contributed by atoms with Crippen LogP contribution >= 0.6 is 0 Å². The molecule has 3 aromatic carbocycles. The lowest BCUT2D eigenvalue weighted by atomic mass is 10.1. The number of aromatic nitrogens is 2. The van der Waals surface area contributed by atoms with Gasteiger partial charge >= 0.3 is 5.97 Å². The molecule has 0 fully saturated rings. The minimum absolute atomic E-state index is 0.0639. The van der Waals surface area contributed by atoms with Crippen molar-refractivity contribution in [3.8, 4) is 28.7 Å². The van der Waals surface area contributed by atoms with Gasteiger partial charge in [-0.1, -0.05) is 24.3 Å². The van der Waals surface area contributed by atoms with Crippen molar-refractivity contribution < 1.29 is 29.2 Å². The summed E-state index contributed by atoms with van der Waals surface area (Å²) in [6.07, 6.45) is 7.32. The minimum Gasteiger partial charge on any atom is -0.504 e. The van der Waals surface area contributed by atoms with E-state index < -0.39 is 0 Å². The molecule has 39 heavy (non-hydrogen) atoms. The molecular weight excluding hydrogens is 496 g/mol. The number of ether oxygens (including phenoxy) is 3. The van der Waals surface area contributed by atoms with Gasteiger partial charge in [-0.3, -0.25) is 0 Å². The average molecular weight is 527 g/mol. The third-order valence-electron chi connectivity index (χ3n) is 5.75. The third kappa shape index (κ3) is 6.67. The molecule has 8 nitrogen and oxygen atoms in total. The molecule has 1 aromatic heterocycles. The van der Waals surface area contributed by atoms with Gasteiger partial charge in [0.1, 0.15) is 0 Å². The molecule has 0 aliphatic heterocycles. The Labute approximate surface area is 227 Å². The summed E-state index contributed by atoms with van der Waals surface area (Å²) in [4.78, 5) is 12.3. The molecule has 4 rings (SSSR count). The molecule has 0 aliphatic carbocycles. The SMILES string of the molecule is COc1cc(/C=C/c2cc(/C=C/c3ccc(O)c(OC)c3)n(-c3ccc(C(=O)OC(C)C)cc3)n2)ccc1O. The van der Waals surface area contributed by atoms with Crippen LogP contribution in [0.3, 0.4) is 0 Å². The lowest BCUT2D eigenvalue weighted by molar-refractivity contribution is 0.0378. The standard InChI is InChI=1S/C31H30N2O6/c1-20(2)39-31(36)23-9-13-25(14-10-23)33-26(12-6-22-8-16-28(35)30(18-22)38-4)19-24(32-33)11-5-21-7-15-27(34)29(17-21)37-3/h5-20,34-35H,1-4H3/b11-5+,12-6+. The normalized spacial score (nSPS) is 11.4. The molecule has 0 bridgehead atoms. The molecule has 0 aliphatic rings. The van der Waals surface area contributed by atoms with Crippen LogP contribution in [0.15, 0.2) is 66.7 Å². The van der Waals surface area contributed by atoms with Crippen molar-refractivity contribution in [3.05, 3.63) is 94.8 Å². The van der Waals surface area contributed by atoms with Gasteiger partial charge in [-0.2, -0.15) is 5.10 Å². The molecule has 1 heterocycles. The van der Waals surface area contributed by atoms with Crippen LogP contribution in [-0.4, -0.2) is 46.3 Å². The Morgan fingerprint density at radius 1 is 0.795 bits per heavy atom. The summed E-state index contributed by atoms with van der Waals surface area (Å²) >= 11 is 0. The number of carbonyl (C=O) groups is 1. The van der Waals surface area contributed by atoms with E-state index in [1.54, 1.807) is 53.2 Å². The fourth-order valence-corrected chi connectivity index (χ4v) is 3.80. The summed E-state index contributed by atoms with van der Waals surface area (Å²) in [5, 5.41) is 24.5. The first-order chi connectivity index (χ1) is 18.8. The van der Waals surface area contributed by atoms with Gasteiger partial charge in [-0.25, -0.2) is 9.48 Å². The van der Waals surface area contributed by atoms with E-state index in [-0.39, 0.29) is 23.6 Å². The topological polar surface area (TPSA) is 103 Å². The Morgan fingerprint density at radius 2 is 1.36 bits per heavy atom. The molecule has 0 atom stereocenters. The van der Waals surface area contributed by atoms with Crippen LogP contribution in [0.4, 0.5) is 0 Å². The van der Waals surface area contributed by atoms with Crippen LogP contribution in [0.1, 0.15) is 46.7 Å². The Hall–Kier alpha value is -4.98. The Morgan fingerprint density at radius 3 is 1.90 bits per heavy atom. The smallest absolute Gasteiger partial charge is 0.338 e. The van der Waals surface area contributed by atoms with Gasteiger partial charge in [-0.05, 0) is 91.7 Å². The highest BCUT2D eigenvalue weighted by molar-refractivity contribution is 5.89. The van der Waals surface area contributed by atoms with Crippen molar-refractivity contribution in [3.63, 3.8) is 0 Å². The molecule has 2 N–H and O–H groups in total. The molecule has 0 saturated carbocycles. The average Bonchev–Trinajstić information content (AvgIpc) is 3.35. The second-order valence-corrected chi connectivity index (χ2v) is 8.94. The van der Waals surface area contributed by atoms with Gasteiger partial charge in [0.15, 0.2) is 23.0 Å². The van der Waals surface area contributed by atoms with E-state index in [9.17, 15) is 15.0 Å². The lowest BCUT2D eigenvalue weighted by Crippen LogP contribution is -2.11. The fraction of sp³-hybridized carbons (Fsp3) is 0.161. The van der Waals surface area contributed by atoms with Crippen LogP contribution < -0.4 is 9.47 Å². The second-order valence-electron chi connectivity index (χ2n) is 8.94. The summed E-state index contributed by atoms with van der Waals surface area (Å²) in [7, 11) is 3.00. The van der Waals surface area contributed by atoms with E-state index in [1.807, 2.05) is 56.4 Å². The van der Waals surface area contributed by atoms with E-state index in [0.29, 0.717) is 22.8 Å². The number of hydrogen-bond acceptors (Lipinski definition) is 7. The predicted molar refractivity (Wildman–Crippen MR) is 151 cm³/mol. The third-order valence-corrected chi connectivity index (χ3v) is 5.75. The summed E-state index contributed by atoms with van der Waals surface area (Å²) in [5.74, 6) is 0.507. The summed E-state index contributed by atoms with van der Waals surface area (Å²) < 4.78 is 17.5. The number of rotatable bonds is 9. The van der Waals surface area contributed by atoms with Crippen molar-refractivity contribution in [1.29, 1.82) is 0 Å². The van der Waals surface area contributed by atoms with Crippen LogP contribution in [0, 0.1) is 0 Å².